The highest BCUT2D eigenvalue weighted by molar-refractivity contribution is 7.80. The van der Waals surface area contributed by atoms with Crippen molar-refractivity contribution in [3.05, 3.63) is 58.4 Å². The van der Waals surface area contributed by atoms with E-state index >= 15 is 0 Å². The van der Waals surface area contributed by atoms with E-state index in [1.807, 2.05) is 6.92 Å². The summed E-state index contributed by atoms with van der Waals surface area (Å²) in [5.41, 5.74) is 6.75. The number of rotatable bonds is 4. The van der Waals surface area contributed by atoms with Crippen LogP contribution in [0.5, 0.6) is 5.75 Å². The maximum absolute atomic E-state index is 13.5. The summed E-state index contributed by atoms with van der Waals surface area (Å²) in [5, 5.41) is 3.49. The molecule has 0 atom stereocenters. The van der Waals surface area contributed by atoms with Crippen LogP contribution in [0.2, 0.25) is 5.02 Å². The lowest BCUT2D eigenvalue weighted by molar-refractivity contribution is -0.123. The van der Waals surface area contributed by atoms with E-state index in [2.05, 4.69) is 16.2 Å². The van der Waals surface area contributed by atoms with Crippen molar-refractivity contribution in [1.82, 2.24) is 10.9 Å². The summed E-state index contributed by atoms with van der Waals surface area (Å²) in [5.74, 6) is -0.201. The summed E-state index contributed by atoms with van der Waals surface area (Å²) in [7, 11) is 0. The molecule has 8 heteroatoms. The highest BCUT2D eigenvalue weighted by Gasteiger charge is 2.06. The van der Waals surface area contributed by atoms with Gasteiger partial charge in [0.05, 0.1) is 0 Å². The minimum atomic E-state index is -0.423. The van der Waals surface area contributed by atoms with E-state index in [0.29, 0.717) is 22.0 Å². The highest BCUT2D eigenvalue weighted by Crippen LogP contribution is 2.21. The van der Waals surface area contributed by atoms with Crippen LogP contribution in [0.25, 0.3) is 0 Å². The van der Waals surface area contributed by atoms with Gasteiger partial charge in [-0.2, -0.15) is 0 Å². The number of hydrogen-bond acceptors (Lipinski definition) is 3. The standard InChI is InChI=1S/C17H17ClFN3O2S/c1-10-3-5-13(8-14(10)19)20-17(25)22-21-16(23)9-24-15-6-4-12(18)7-11(15)2/h3-8H,9H2,1-2H3,(H,21,23)(H2,20,22,25). The first-order valence-electron chi connectivity index (χ1n) is 7.36. The number of anilines is 1. The molecule has 2 rings (SSSR count). The summed E-state index contributed by atoms with van der Waals surface area (Å²) < 4.78 is 18.9. The SMILES string of the molecule is Cc1ccc(NC(=S)NNC(=O)COc2ccc(Cl)cc2C)cc1F. The van der Waals surface area contributed by atoms with E-state index in [-0.39, 0.29) is 17.5 Å². The first-order valence-corrected chi connectivity index (χ1v) is 8.14. The zero-order chi connectivity index (χ0) is 18.4. The van der Waals surface area contributed by atoms with Crippen LogP contribution in [0.1, 0.15) is 11.1 Å². The lowest BCUT2D eigenvalue weighted by Gasteiger charge is -2.13. The minimum Gasteiger partial charge on any atom is -0.483 e. The third-order valence-corrected chi connectivity index (χ3v) is 3.68. The Hall–Kier alpha value is -2.38. The van der Waals surface area contributed by atoms with Gasteiger partial charge in [-0.05, 0) is 67.5 Å². The molecule has 0 saturated carbocycles. The van der Waals surface area contributed by atoms with E-state index in [1.54, 1.807) is 37.3 Å². The molecule has 0 aliphatic rings. The quantitative estimate of drug-likeness (QED) is 0.559. The van der Waals surface area contributed by atoms with Gasteiger partial charge in [-0.15, -0.1) is 0 Å². The Labute approximate surface area is 155 Å². The topological polar surface area (TPSA) is 62.4 Å². The second-order valence-corrected chi connectivity index (χ2v) is 6.13. The summed E-state index contributed by atoms with van der Waals surface area (Å²) in [6, 6.07) is 9.74. The zero-order valence-electron chi connectivity index (χ0n) is 13.7. The number of ether oxygens (including phenoxy) is 1. The molecule has 0 saturated heterocycles. The Balaban J connectivity index is 1.77. The van der Waals surface area contributed by atoms with E-state index < -0.39 is 5.91 Å². The Bertz CT molecular complexity index is 801. The molecule has 0 fully saturated rings. The number of aryl methyl sites for hydroxylation is 2. The zero-order valence-corrected chi connectivity index (χ0v) is 15.2. The fraction of sp³-hybridized carbons (Fsp3) is 0.176. The number of halogens is 2. The Morgan fingerprint density at radius 2 is 1.92 bits per heavy atom. The number of hydrogen-bond donors (Lipinski definition) is 3. The second kappa shape index (κ2) is 8.64. The van der Waals surface area contributed by atoms with E-state index in [4.69, 9.17) is 28.6 Å². The van der Waals surface area contributed by atoms with Crippen molar-refractivity contribution in [2.75, 3.05) is 11.9 Å². The average Bonchev–Trinajstić information content (AvgIpc) is 2.55. The van der Waals surface area contributed by atoms with E-state index in [1.165, 1.54) is 6.07 Å². The molecule has 3 N–H and O–H groups in total. The van der Waals surface area contributed by atoms with Gasteiger partial charge in [0.25, 0.3) is 5.91 Å². The van der Waals surface area contributed by atoms with Crippen LogP contribution in [0.3, 0.4) is 0 Å². The van der Waals surface area contributed by atoms with Crippen LogP contribution in [-0.2, 0) is 4.79 Å². The van der Waals surface area contributed by atoms with Crippen molar-refractivity contribution >= 4 is 40.5 Å². The molecule has 25 heavy (non-hydrogen) atoms. The largest absolute Gasteiger partial charge is 0.483 e. The summed E-state index contributed by atoms with van der Waals surface area (Å²) in [4.78, 5) is 11.8. The molecule has 2 aromatic carbocycles. The lowest BCUT2D eigenvalue weighted by atomic mass is 10.2. The molecule has 0 spiro atoms. The van der Waals surface area contributed by atoms with E-state index in [0.717, 1.165) is 5.56 Å². The molecule has 0 bridgehead atoms. The van der Waals surface area contributed by atoms with Gasteiger partial charge in [-0.1, -0.05) is 17.7 Å². The Morgan fingerprint density at radius 1 is 1.16 bits per heavy atom. The van der Waals surface area contributed by atoms with Gasteiger partial charge in [0, 0.05) is 10.7 Å². The third-order valence-electron chi connectivity index (χ3n) is 3.24. The fourth-order valence-corrected chi connectivity index (χ4v) is 2.31. The van der Waals surface area contributed by atoms with Gasteiger partial charge in [0.1, 0.15) is 11.6 Å². The molecule has 0 aliphatic carbocycles. The Morgan fingerprint density at radius 3 is 2.60 bits per heavy atom. The van der Waals surface area contributed by atoms with Gasteiger partial charge >= 0.3 is 0 Å². The molecule has 0 aliphatic heterocycles. The predicted octanol–water partition coefficient (Wildman–Crippen LogP) is 3.49. The summed E-state index contributed by atoms with van der Waals surface area (Å²) >= 11 is 10.9. The first-order chi connectivity index (χ1) is 11.8. The molecular weight excluding hydrogens is 365 g/mol. The highest BCUT2D eigenvalue weighted by atomic mass is 35.5. The number of carbonyl (C=O) groups excluding carboxylic acids is 1. The van der Waals surface area contributed by atoms with E-state index in [9.17, 15) is 9.18 Å². The molecule has 2 aromatic rings. The molecule has 5 nitrogen and oxygen atoms in total. The smallest absolute Gasteiger partial charge is 0.276 e. The molecule has 0 heterocycles. The van der Waals surface area contributed by atoms with Crippen LogP contribution in [0, 0.1) is 19.7 Å². The van der Waals surface area contributed by atoms with Crippen molar-refractivity contribution in [3.8, 4) is 5.75 Å². The Kier molecular flexibility index (Phi) is 6.55. The maximum atomic E-state index is 13.5. The first kappa shape index (κ1) is 19.0. The van der Waals surface area contributed by atoms with Crippen molar-refractivity contribution in [2.24, 2.45) is 0 Å². The van der Waals surface area contributed by atoms with Crippen molar-refractivity contribution < 1.29 is 13.9 Å². The second-order valence-electron chi connectivity index (χ2n) is 5.29. The molecule has 0 aromatic heterocycles. The van der Waals surface area contributed by atoms with Crippen molar-refractivity contribution in [1.29, 1.82) is 0 Å². The van der Waals surface area contributed by atoms with Crippen molar-refractivity contribution in [2.45, 2.75) is 13.8 Å². The minimum absolute atomic E-state index is 0.124. The molecule has 0 unspecified atom stereocenters. The van der Waals surface area contributed by atoms with Crippen molar-refractivity contribution in [3.63, 3.8) is 0 Å². The third kappa shape index (κ3) is 5.88. The number of nitrogens with one attached hydrogen (secondary N) is 3. The van der Waals surface area contributed by atoms with Crippen LogP contribution >= 0.6 is 23.8 Å². The number of hydrazine groups is 1. The van der Waals surface area contributed by atoms with Gasteiger partial charge in [-0.25, -0.2) is 4.39 Å². The number of benzene rings is 2. The fourth-order valence-electron chi connectivity index (χ4n) is 1.91. The van der Waals surface area contributed by atoms with Crippen LogP contribution in [0.4, 0.5) is 10.1 Å². The van der Waals surface area contributed by atoms with Gasteiger partial charge in [-0.3, -0.25) is 15.6 Å². The predicted molar refractivity (Wildman–Crippen MR) is 100 cm³/mol. The summed E-state index contributed by atoms with van der Waals surface area (Å²) in [6.07, 6.45) is 0. The van der Waals surface area contributed by atoms with Crippen LogP contribution in [0.15, 0.2) is 36.4 Å². The van der Waals surface area contributed by atoms with Crippen LogP contribution in [-0.4, -0.2) is 17.6 Å². The molecule has 0 radical (unpaired) electrons. The summed E-state index contributed by atoms with van der Waals surface area (Å²) in [6.45, 7) is 3.30. The monoisotopic (exact) mass is 381 g/mol. The van der Waals surface area contributed by atoms with Gasteiger partial charge in [0.15, 0.2) is 11.7 Å². The molecular formula is C17H17ClFN3O2S. The number of thiocarbonyl (C=S) groups is 1. The average molecular weight is 382 g/mol. The number of carbonyl (C=O) groups is 1. The van der Waals surface area contributed by atoms with Gasteiger partial charge < -0.3 is 10.1 Å². The molecule has 1 amide bonds. The van der Waals surface area contributed by atoms with Crippen LogP contribution < -0.4 is 20.9 Å². The molecule has 132 valence electrons. The normalized spacial score (nSPS) is 10.1. The lowest BCUT2D eigenvalue weighted by Crippen LogP contribution is -2.45. The number of amides is 1. The van der Waals surface area contributed by atoms with Gasteiger partial charge in [0.2, 0.25) is 0 Å². The maximum Gasteiger partial charge on any atom is 0.276 e.